The number of hydrogen-bond acceptors (Lipinski definition) is 4. The molecule has 1 aromatic rings. The van der Waals surface area contributed by atoms with Gasteiger partial charge in [-0.1, -0.05) is 19.3 Å². The monoisotopic (exact) mass is 292 g/mol. The predicted molar refractivity (Wildman–Crippen MR) is 81.4 cm³/mol. The van der Waals surface area contributed by atoms with Gasteiger partial charge in [-0.2, -0.15) is 0 Å². The number of ketones is 1. The molecule has 0 aromatic heterocycles. The third-order valence-electron chi connectivity index (χ3n) is 4.23. The topological polar surface area (TPSA) is 44.8 Å². The highest BCUT2D eigenvalue weighted by molar-refractivity contribution is 5.84. The molecule has 1 aromatic carbocycles. The third kappa shape index (κ3) is 3.69. The summed E-state index contributed by atoms with van der Waals surface area (Å²) in [5.74, 6) is 2.44. The zero-order valence-electron chi connectivity index (χ0n) is 13.1. The van der Waals surface area contributed by atoms with Gasteiger partial charge in [0.2, 0.25) is 0 Å². The number of carbonyl (C=O) groups excluding carboxylic acids is 1. The Morgan fingerprint density at radius 1 is 1.00 bits per heavy atom. The first-order valence-corrected chi connectivity index (χ1v) is 7.51. The highest BCUT2D eigenvalue weighted by atomic mass is 16.5. The van der Waals surface area contributed by atoms with Crippen molar-refractivity contribution in [3.63, 3.8) is 0 Å². The van der Waals surface area contributed by atoms with Crippen LogP contribution in [0.3, 0.4) is 0 Å². The molecule has 0 atom stereocenters. The molecule has 0 amide bonds. The number of hydrogen-bond donors (Lipinski definition) is 0. The van der Waals surface area contributed by atoms with Crippen LogP contribution in [0.1, 0.15) is 37.7 Å². The van der Waals surface area contributed by atoms with E-state index in [4.69, 9.17) is 14.2 Å². The standard InChI is InChI=1S/C17H24O4/c1-19-13-9-16(20-2)14(17(10-13)21-3)11-15(18)12-7-5-4-6-8-12/h9-10,12H,4-8,11H2,1-3H3. The molecule has 2 rings (SSSR count). The molecule has 0 heterocycles. The van der Waals surface area contributed by atoms with E-state index in [9.17, 15) is 4.79 Å². The lowest BCUT2D eigenvalue weighted by Gasteiger charge is -2.21. The van der Waals surface area contributed by atoms with Gasteiger partial charge in [0, 0.05) is 30.0 Å². The highest BCUT2D eigenvalue weighted by Gasteiger charge is 2.24. The van der Waals surface area contributed by atoms with Gasteiger partial charge in [0.05, 0.1) is 21.3 Å². The van der Waals surface area contributed by atoms with Crippen LogP contribution in [0, 0.1) is 5.92 Å². The molecular formula is C17H24O4. The Labute approximate surface area is 126 Å². The van der Waals surface area contributed by atoms with Crippen molar-refractivity contribution in [3.8, 4) is 17.2 Å². The van der Waals surface area contributed by atoms with Gasteiger partial charge < -0.3 is 14.2 Å². The summed E-state index contributed by atoms with van der Waals surface area (Å²) in [4.78, 5) is 12.5. The molecule has 0 saturated heterocycles. The van der Waals surface area contributed by atoms with E-state index >= 15 is 0 Å². The molecule has 1 aliphatic carbocycles. The summed E-state index contributed by atoms with van der Waals surface area (Å²) in [6, 6.07) is 3.60. The van der Waals surface area contributed by atoms with Crippen molar-refractivity contribution in [3.05, 3.63) is 17.7 Å². The predicted octanol–water partition coefficient (Wildman–Crippen LogP) is 3.40. The van der Waals surface area contributed by atoms with Crippen molar-refractivity contribution < 1.29 is 19.0 Å². The van der Waals surface area contributed by atoms with Crippen LogP contribution in [0.15, 0.2) is 12.1 Å². The second kappa shape index (κ2) is 7.34. The number of carbonyl (C=O) groups is 1. The Bertz CT molecular complexity index is 465. The smallest absolute Gasteiger partial charge is 0.140 e. The van der Waals surface area contributed by atoms with Crippen molar-refractivity contribution in [2.75, 3.05) is 21.3 Å². The van der Waals surface area contributed by atoms with Crippen LogP contribution in [0.5, 0.6) is 17.2 Å². The number of ether oxygens (including phenoxy) is 3. The van der Waals surface area contributed by atoms with Crippen LogP contribution in [0.4, 0.5) is 0 Å². The van der Waals surface area contributed by atoms with Crippen LogP contribution < -0.4 is 14.2 Å². The molecule has 0 aliphatic heterocycles. The first kappa shape index (κ1) is 15.7. The Morgan fingerprint density at radius 2 is 1.57 bits per heavy atom. The number of benzene rings is 1. The zero-order valence-corrected chi connectivity index (χ0v) is 13.1. The zero-order chi connectivity index (χ0) is 15.2. The molecule has 0 spiro atoms. The van der Waals surface area contributed by atoms with Gasteiger partial charge in [0.25, 0.3) is 0 Å². The summed E-state index contributed by atoms with van der Waals surface area (Å²) in [5, 5.41) is 0. The fraction of sp³-hybridized carbons (Fsp3) is 0.588. The maximum atomic E-state index is 12.5. The average Bonchev–Trinajstić information content (AvgIpc) is 2.55. The van der Waals surface area contributed by atoms with Crippen LogP contribution in [0.25, 0.3) is 0 Å². The lowest BCUT2D eigenvalue weighted by Crippen LogP contribution is -2.20. The first-order chi connectivity index (χ1) is 10.2. The van der Waals surface area contributed by atoms with E-state index in [0.717, 1.165) is 31.2 Å². The highest BCUT2D eigenvalue weighted by Crippen LogP contribution is 2.36. The van der Waals surface area contributed by atoms with E-state index in [0.29, 0.717) is 23.7 Å². The maximum Gasteiger partial charge on any atom is 0.140 e. The van der Waals surface area contributed by atoms with Gasteiger partial charge in [-0.3, -0.25) is 4.79 Å². The Kier molecular flexibility index (Phi) is 5.48. The molecule has 21 heavy (non-hydrogen) atoms. The quantitative estimate of drug-likeness (QED) is 0.806. The SMILES string of the molecule is COc1cc(OC)c(CC(=O)C2CCCCC2)c(OC)c1. The van der Waals surface area contributed by atoms with Gasteiger partial charge >= 0.3 is 0 Å². The van der Waals surface area contributed by atoms with Crippen molar-refractivity contribution in [2.24, 2.45) is 5.92 Å². The molecule has 1 saturated carbocycles. The average molecular weight is 292 g/mol. The second-order valence-electron chi connectivity index (χ2n) is 5.49. The largest absolute Gasteiger partial charge is 0.496 e. The molecule has 4 heteroatoms. The summed E-state index contributed by atoms with van der Waals surface area (Å²) >= 11 is 0. The summed E-state index contributed by atoms with van der Waals surface area (Å²) in [5.41, 5.74) is 0.816. The minimum absolute atomic E-state index is 0.190. The molecule has 0 N–H and O–H groups in total. The maximum absolute atomic E-state index is 12.5. The van der Waals surface area contributed by atoms with Crippen molar-refractivity contribution in [2.45, 2.75) is 38.5 Å². The van der Waals surface area contributed by atoms with E-state index in [2.05, 4.69) is 0 Å². The molecule has 0 radical (unpaired) electrons. The normalized spacial score (nSPS) is 15.6. The van der Waals surface area contributed by atoms with E-state index in [1.54, 1.807) is 33.5 Å². The first-order valence-electron chi connectivity index (χ1n) is 7.51. The van der Waals surface area contributed by atoms with Crippen molar-refractivity contribution >= 4 is 5.78 Å². The third-order valence-corrected chi connectivity index (χ3v) is 4.23. The number of rotatable bonds is 6. The molecular weight excluding hydrogens is 268 g/mol. The van der Waals surface area contributed by atoms with E-state index in [1.807, 2.05) is 0 Å². The van der Waals surface area contributed by atoms with Gasteiger partial charge in [0.15, 0.2) is 0 Å². The summed E-state index contributed by atoms with van der Waals surface area (Å²) < 4.78 is 16.0. The lowest BCUT2D eigenvalue weighted by atomic mass is 9.84. The fourth-order valence-electron chi connectivity index (χ4n) is 3.00. The van der Waals surface area contributed by atoms with Gasteiger partial charge in [-0.05, 0) is 12.8 Å². The van der Waals surface area contributed by atoms with Crippen LogP contribution in [0.2, 0.25) is 0 Å². The van der Waals surface area contributed by atoms with E-state index in [1.165, 1.54) is 6.42 Å². The van der Waals surface area contributed by atoms with Crippen LogP contribution in [-0.2, 0) is 11.2 Å². The minimum atomic E-state index is 0.190. The van der Waals surface area contributed by atoms with Crippen molar-refractivity contribution in [1.82, 2.24) is 0 Å². The van der Waals surface area contributed by atoms with Crippen molar-refractivity contribution in [1.29, 1.82) is 0 Å². The molecule has 1 aliphatic rings. The molecule has 0 bridgehead atoms. The molecule has 4 nitrogen and oxygen atoms in total. The molecule has 116 valence electrons. The molecule has 1 fully saturated rings. The minimum Gasteiger partial charge on any atom is -0.496 e. The van der Waals surface area contributed by atoms with Crippen LogP contribution >= 0.6 is 0 Å². The van der Waals surface area contributed by atoms with Gasteiger partial charge in [0.1, 0.15) is 23.0 Å². The lowest BCUT2D eigenvalue weighted by molar-refractivity contribution is -0.123. The van der Waals surface area contributed by atoms with Gasteiger partial charge in [-0.15, -0.1) is 0 Å². The number of methoxy groups -OCH3 is 3. The Hall–Kier alpha value is -1.71. The summed E-state index contributed by atoms with van der Waals surface area (Å²) in [6.45, 7) is 0. The number of Topliss-reactive ketones (excluding diaryl/α,β-unsaturated/α-hetero) is 1. The van der Waals surface area contributed by atoms with Gasteiger partial charge in [-0.25, -0.2) is 0 Å². The van der Waals surface area contributed by atoms with E-state index < -0.39 is 0 Å². The Balaban J connectivity index is 2.22. The van der Waals surface area contributed by atoms with E-state index in [-0.39, 0.29) is 11.7 Å². The fourth-order valence-corrected chi connectivity index (χ4v) is 3.00. The summed E-state index contributed by atoms with van der Waals surface area (Å²) in [7, 11) is 4.80. The molecule has 0 unspecified atom stereocenters. The second-order valence-corrected chi connectivity index (χ2v) is 5.49. The summed E-state index contributed by atoms with van der Waals surface area (Å²) in [6.07, 6.45) is 5.96. The van der Waals surface area contributed by atoms with Crippen LogP contribution in [-0.4, -0.2) is 27.1 Å². The Morgan fingerprint density at radius 3 is 2.05 bits per heavy atom.